The molecule has 4 nitrogen and oxygen atoms in total. The number of H-pyrrole nitrogens is 1. The van der Waals surface area contributed by atoms with Gasteiger partial charge in [0.1, 0.15) is 5.82 Å². The first-order chi connectivity index (χ1) is 10.1. The van der Waals surface area contributed by atoms with E-state index >= 15 is 0 Å². The lowest BCUT2D eigenvalue weighted by atomic mass is 10.1. The molecule has 5 heteroatoms. The molecular weight excluding hydrogens is 269 g/mol. The normalized spacial score (nSPS) is 11.2. The Bertz CT molecular complexity index is 846. The molecule has 2 aromatic heterocycles. The van der Waals surface area contributed by atoms with Crippen LogP contribution in [0.25, 0.3) is 5.65 Å². The van der Waals surface area contributed by atoms with Crippen molar-refractivity contribution in [2.24, 2.45) is 0 Å². The van der Waals surface area contributed by atoms with Gasteiger partial charge in [-0.25, -0.2) is 13.9 Å². The maximum atomic E-state index is 13.0. The summed E-state index contributed by atoms with van der Waals surface area (Å²) in [5, 5.41) is 2.95. The van der Waals surface area contributed by atoms with Gasteiger partial charge >= 0.3 is 0 Å². The number of fused-ring (bicyclic) bond motifs is 1. The van der Waals surface area contributed by atoms with Crippen molar-refractivity contribution < 1.29 is 4.39 Å². The molecule has 0 saturated heterocycles. The zero-order valence-corrected chi connectivity index (χ0v) is 12.0. The Hall–Kier alpha value is -2.43. The number of nitrogens with one attached hydrogen (secondary N) is 1. The Labute approximate surface area is 121 Å². The number of aromatic amines is 1. The number of hydrogen-bond acceptors (Lipinski definition) is 2. The highest BCUT2D eigenvalue weighted by atomic mass is 19.1. The third kappa shape index (κ3) is 2.35. The first-order valence-electron chi connectivity index (χ1n) is 6.93. The molecule has 3 rings (SSSR count). The van der Waals surface area contributed by atoms with Crippen LogP contribution in [0.3, 0.4) is 0 Å². The monoisotopic (exact) mass is 285 g/mol. The summed E-state index contributed by atoms with van der Waals surface area (Å²) < 4.78 is 14.4. The van der Waals surface area contributed by atoms with Crippen LogP contribution in [0.2, 0.25) is 0 Å². The van der Waals surface area contributed by atoms with Crippen molar-refractivity contribution in [3.8, 4) is 0 Å². The van der Waals surface area contributed by atoms with Gasteiger partial charge in [-0.05, 0) is 31.0 Å². The third-order valence-corrected chi connectivity index (χ3v) is 3.71. The SMILES string of the molecule is CCc1c[nH]n2c(=O)c(Cc3ccc(F)cc3)c(C)nc12. The second kappa shape index (κ2) is 5.16. The number of benzene rings is 1. The Kier molecular flexibility index (Phi) is 3.33. The Balaban J connectivity index is 2.10. The molecule has 0 aliphatic carbocycles. The van der Waals surface area contributed by atoms with Gasteiger partial charge in [0.2, 0.25) is 0 Å². The largest absolute Gasteiger partial charge is 0.297 e. The van der Waals surface area contributed by atoms with E-state index in [1.165, 1.54) is 16.6 Å². The van der Waals surface area contributed by atoms with Gasteiger partial charge in [0.25, 0.3) is 5.56 Å². The highest BCUT2D eigenvalue weighted by molar-refractivity contribution is 5.48. The maximum Gasteiger partial charge on any atom is 0.276 e. The predicted octanol–water partition coefficient (Wildman–Crippen LogP) is 2.62. The number of hydrogen-bond donors (Lipinski definition) is 1. The van der Waals surface area contributed by atoms with Gasteiger partial charge in [-0.15, -0.1) is 0 Å². The van der Waals surface area contributed by atoms with Crippen molar-refractivity contribution in [1.82, 2.24) is 14.6 Å². The average molecular weight is 285 g/mol. The van der Waals surface area contributed by atoms with E-state index in [0.717, 1.165) is 23.2 Å². The van der Waals surface area contributed by atoms with Crippen LogP contribution in [0.5, 0.6) is 0 Å². The van der Waals surface area contributed by atoms with Gasteiger partial charge < -0.3 is 0 Å². The molecule has 3 aromatic rings. The first-order valence-corrected chi connectivity index (χ1v) is 6.93. The topological polar surface area (TPSA) is 50.2 Å². The first kappa shape index (κ1) is 13.5. The fourth-order valence-electron chi connectivity index (χ4n) is 2.47. The number of nitrogens with zero attached hydrogens (tertiary/aromatic N) is 2. The molecule has 0 amide bonds. The summed E-state index contributed by atoms with van der Waals surface area (Å²) in [5.41, 5.74) is 3.84. The zero-order valence-electron chi connectivity index (χ0n) is 12.0. The van der Waals surface area contributed by atoms with Crippen LogP contribution in [0.4, 0.5) is 4.39 Å². The molecule has 0 aliphatic rings. The molecule has 0 fully saturated rings. The molecule has 21 heavy (non-hydrogen) atoms. The van der Waals surface area contributed by atoms with Gasteiger partial charge in [0, 0.05) is 29.4 Å². The Morgan fingerprint density at radius 2 is 2.00 bits per heavy atom. The van der Waals surface area contributed by atoms with E-state index in [0.29, 0.717) is 17.6 Å². The van der Waals surface area contributed by atoms with Crippen molar-refractivity contribution in [1.29, 1.82) is 0 Å². The van der Waals surface area contributed by atoms with Gasteiger partial charge in [0.15, 0.2) is 5.65 Å². The lowest BCUT2D eigenvalue weighted by Crippen LogP contribution is -2.22. The standard InChI is InChI=1S/C16H16FN3O/c1-3-12-9-18-20-15(12)19-10(2)14(16(20)21)8-11-4-6-13(17)7-5-11/h4-7,9,18H,3,8H2,1-2H3. The molecule has 0 bridgehead atoms. The second-order valence-electron chi connectivity index (χ2n) is 5.10. The highest BCUT2D eigenvalue weighted by Gasteiger charge is 2.13. The van der Waals surface area contributed by atoms with Crippen LogP contribution in [0.1, 0.15) is 29.3 Å². The molecule has 0 unspecified atom stereocenters. The van der Waals surface area contributed by atoms with Gasteiger partial charge in [-0.2, -0.15) is 0 Å². The predicted molar refractivity (Wildman–Crippen MR) is 79.1 cm³/mol. The van der Waals surface area contributed by atoms with E-state index < -0.39 is 0 Å². The summed E-state index contributed by atoms with van der Waals surface area (Å²) in [6, 6.07) is 6.18. The van der Waals surface area contributed by atoms with Crippen molar-refractivity contribution >= 4 is 5.65 Å². The average Bonchev–Trinajstić information content (AvgIpc) is 2.88. The van der Waals surface area contributed by atoms with E-state index in [4.69, 9.17) is 0 Å². The summed E-state index contributed by atoms with van der Waals surface area (Å²) in [6.45, 7) is 3.86. The van der Waals surface area contributed by atoms with Gasteiger partial charge in [-0.1, -0.05) is 19.1 Å². The van der Waals surface area contributed by atoms with Crippen LogP contribution in [0, 0.1) is 12.7 Å². The van der Waals surface area contributed by atoms with E-state index in [-0.39, 0.29) is 11.4 Å². The molecule has 0 aliphatic heterocycles. The second-order valence-corrected chi connectivity index (χ2v) is 5.10. The lowest BCUT2D eigenvalue weighted by molar-refractivity contribution is 0.627. The fraction of sp³-hybridized carbons (Fsp3) is 0.250. The quantitative estimate of drug-likeness (QED) is 0.804. The van der Waals surface area contributed by atoms with E-state index in [9.17, 15) is 9.18 Å². The van der Waals surface area contributed by atoms with E-state index in [1.807, 2.05) is 20.0 Å². The summed E-state index contributed by atoms with van der Waals surface area (Å²) in [6.07, 6.45) is 3.07. The molecular formula is C16H16FN3O. The van der Waals surface area contributed by atoms with Crippen LogP contribution in [-0.2, 0) is 12.8 Å². The number of rotatable bonds is 3. The highest BCUT2D eigenvalue weighted by Crippen LogP contribution is 2.13. The number of aromatic nitrogens is 3. The van der Waals surface area contributed by atoms with Crippen LogP contribution in [-0.4, -0.2) is 14.6 Å². The molecule has 0 saturated carbocycles. The van der Waals surface area contributed by atoms with Crippen LogP contribution in [0.15, 0.2) is 35.3 Å². The number of halogens is 1. The number of aryl methyl sites for hydroxylation is 2. The molecule has 1 aromatic carbocycles. The fourth-order valence-corrected chi connectivity index (χ4v) is 2.47. The lowest BCUT2D eigenvalue weighted by Gasteiger charge is -2.06. The zero-order chi connectivity index (χ0) is 15.0. The smallest absolute Gasteiger partial charge is 0.276 e. The van der Waals surface area contributed by atoms with Crippen molar-refractivity contribution in [3.63, 3.8) is 0 Å². The minimum absolute atomic E-state index is 0.0958. The molecule has 0 spiro atoms. The molecule has 108 valence electrons. The van der Waals surface area contributed by atoms with Crippen molar-refractivity contribution in [3.05, 3.63) is 69.0 Å². The summed E-state index contributed by atoms with van der Waals surface area (Å²) in [7, 11) is 0. The van der Waals surface area contributed by atoms with E-state index in [1.54, 1.807) is 12.1 Å². The van der Waals surface area contributed by atoms with E-state index in [2.05, 4.69) is 10.1 Å². The van der Waals surface area contributed by atoms with Gasteiger partial charge in [-0.3, -0.25) is 9.89 Å². The molecule has 0 atom stereocenters. The minimum Gasteiger partial charge on any atom is -0.297 e. The van der Waals surface area contributed by atoms with Gasteiger partial charge in [0.05, 0.1) is 0 Å². The minimum atomic E-state index is -0.280. The molecule has 1 N–H and O–H groups in total. The van der Waals surface area contributed by atoms with Crippen molar-refractivity contribution in [2.45, 2.75) is 26.7 Å². The van der Waals surface area contributed by atoms with Crippen molar-refractivity contribution in [2.75, 3.05) is 0 Å². The molecule has 2 heterocycles. The van der Waals surface area contributed by atoms with Crippen LogP contribution >= 0.6 is 0 Å². The Morgan fingerprint density at radius 1 is 1.29 bits per heavy atom. The molecule has 0 radical (unpaired) electrons. The summed E-state index contributed by atoms with van der Waals surface area (Å²) in [4.78, 5) is 17.1. The Morgan fingerprint density at radius 3 is 2.67 bits per heavy atom. The summed E-state index contributed by atoms with van der Waals surface area (Å²) >= 11 is 0. The maximum absolute atomic E-state index is 13.0. The summed E-state index contributed by atoms with van der Waals surface area (Å²) in [5.74, 6) is -0.280. The van der Waals surface area contributed by atoms with Crippen LogP contribution < -0.4 is 5.56 Å². The third-order valence-electron chi connectivity index (χ3n) is 3.71.